The van der Waals surface area contributed by atoms with Crippen molar-refractivity contribution in [3.05, 3.63) is 47.8 Å². The quantitative estimate of drug-likeness (QED) is 0.844. The molecule has 0 saturated carbocycles. The Morgan fingerprint density at radius 2 is 2.24 bits per heavy atom. The third kappa shape index (κ3) is 2.39. The molecular weight excluding hydrogens is 222 g/mol. The fourth-order valence-corrected chi connectivity index (χ4v) is 1.53. The van der Waals surface area contributed by atoms with Gasteiger partial charge >= 0.3 is 0 Å². The molecule has 0 aliphatic rings. The molecule has 0 radical (unpaired) electrons. The SMILES string of the molecule is Cc1ccoc1C(=O)NC(CO)c1ccco1. The van der Waals surface area contributed by atoms with Gasteiger partial charge in [-0.1, -0.05) is 0 Å². The Balaban J connectivity index is 2.10. The molecule has 2 rings (SSSR count). The van der Waals surface area contributed by atoms with Crippen molar-refractivity contribution in [2.45, 2.75) is 13.0 Å². The molecule has 5 heteroatoms. The van der Waals surface area contributed by atoms with Crippen LogP contribution in [0.25, 0.3) is 0 Å². The van der Waals surface area contributed by atoms with Crippen LogP contribution in [0.4, 0.5) is 0 Å². The molecular formula is C12H13NO4. The van der Waals surface area contributed by atoms with Gasteiger partial charge in [0.05, 0.1) is 19.1 Å². The van der Waals surface area contributed by atoms with Gasteiger partial charge in [0.25, 0.3) is 5.91 Å². The molecule has 1 unspecified atom stereocenters. The largest absolute Gasteiger partial charge is 0.467 e. The maximum Gasteiger partial charge on any atom is 0.287 e. The molecule has 0 aliphatic carbocycles. The van der Waals surface area contributed by atoms with Gasteiger partial charge in [0, 0.05) is 5.56 Å². The fourth-order valence-electron chi connectivity index (χ4n) is 1.53. The van der Waals surface area contributed by atoms with Crippen molar-refractivity contribution in [2.75, 3.05) is 6.61 Å². The van der Waals surface area contributed by atoms with Gasteiger partial charge < -0.3 is 19.3 Å². The maximum absolute atomic E-state index is 11.8. The number of furan rings is 2. The first kappa shape index (κ1) is 11.5. The minimum absolute atomic E-state index is 0.237. The molecule has 90 valence electrons. The molecule has 0 aromatic carbocycles. The lowest BCUT2D eigenvalue weighted by atomic mass is 10.2. The average molecular weight is 235 g/mol. The minimum Gasteiger partial charge on any atom is -0.467 e. The van der Waals surface area contributed by atoms with Crippen LogP contribution in [0.15, 0.2) is 39.6 Å². The standard InChI is InChI=1S/C12H13NO4/c1-8-4-6-17-11(8)12(15)13-9(7-14)10-3-2-5-16-10/h2-6,9,14H,7H2,1H3,(H,13,15). The summed E-state index contributed by atoms with van der Waals surface area (Å²) in [4.78, 5) is 11.8. The van der Waals surface area contributed by atoms with Crippen LogP contribution in [-0.2, 0) is 0 Å². The normalized spacial score (nSPS) is 12.4. The van der Waals surface area contributed by atoms with Crippen LogP contribution in [0.3, 0.4) is 0 Å². The highest BCUT2D eigenvalue weighted by molar-refractivity contribution is 5.93. The summed E-state index contributed by atoms with van der Waals surface area (Å²) in [6.45, 7) is 1.54. The van der Waals surface area contributed by atoms with E-state index in [-0.39, 0.29) is 18.3 Å². The first-order chi connectivity index (χ1) is 8.22. The minimum atomic E-state index is -0.568. The number of amides is 1. The van der Waals surface area contributed by atoms with Crippen LogP contribution in [-0.4, -0.2) is 17.6 Å². The molecule has 17 heavy (non-hydrogen) atoms. The first-order valence-electron chi connectivity index (χ1n) is 5.21. The summed E-state index contributed by atoms with van der Waals surface area (Å²) in [5, 5.41) is 11.8. The van der Waals surface area contributed by atoms with Crippen molar-refractivity contribution in [1.82, 2.24) is 5.32 Å². The van der Waals surface area contributed by atoms with Gasteiger partial charge in [0.15, 0.2) is 5.76 Å². The summed E-state index contributed by atoms with van der Waals surface area (Å²) in [5.41, 5.74) is 0.749. The van der Waals surface area contributed by atoms with E-state index >= 15 is 0 Å². The second-order valence-electron chi connectivity index (χ2n) is 3.66. The number of aliphatic hydroxyl groups excluding tert-OH is 1. The third-order valence-electron chi connectivity index (χ3n) is 2.44. The highest BCUT2D eigenvalue weighted by Gasteiger charge is 2.20. The summed E-state index contributed by atoms with van der Waals surface area (Å²) in [6.07, 6.45) is 2.94. The predicted molar refractivity (Wildman–Crippen MR) is 59.4 cm³/mol. The van der Waals surface area contributed by atoms with Gasteiger partial charge in [0.2, 0.25) is 0 Å². The van der Waals surface area contributed by atoms with Crippen molar-refractivity contribution >= 4 is 5.91 Å². The molecule has 0 saturated heterocycles. The van der Waals surface area contributed by atoms with Gasteiger partial charge in [-0.15, -0.1) is 0 Å². The van der Waals surface area contributed by atoms with E-state index in [1.54, 1.807) is 25.1 Å². The van der Waals surface area contributed by atoms with E-state index in [1.165, 1.54) is 12.5 Å². The molecule has 1 amide bonds. The van der Waals surface area contributed by atoms with E-state index in [4.69, 9.17) is 8.83 Å². The molecule has 0 spiro atoms. The van der Waals surface area contributed by atoms with Crippen LogP contribution >= 0.6 is 0 Å². The fraction of sp³-hybridized carbons (Fsp3) is 0.250. The van der Waals surface area contributed by atoms with E-state index in [0.29, 0.717) is 5.76 Å². The zero-order chi connectivity index (χ0) is 12.3. The first-order valence-corrected chi connectivity index (χ1v) is 5.21. The smallest absolute Gasteiger partial charge is 0.287 e. The molecule has 5 nitrogen and oxygen atoms in total. The zero-order valence-corrected chi connectivity index (χ0v) is 9.34. The Labute approximate surface area is 98.0 Å². The number of hydrogen-bond donors (Lipinski definition) is 2. The van der Waals surface area contributed by atoms with Crippen molar-refractivity contribution in [3.8, 4) is 0 Å². The van der Waals surface area contributed by atoms with Crippen molar-refractivity contribution in [3.63, 3.8) is 0 Å². The lowest BCUT2D eigenvalue weighted by molar-refractivity contribution is 0.0878. The Hall–Kier alpha value is -2.01. The Bertz CT molecular complexity index is 486. The number of aryl methyl sites for hydroxylation is 1. The van der Waals surface area contributed by atoms with Crippen LogP contribution in [0.2, 0.25) is 0 Å². The van der Waals surface area contributed by atoms with Crippen molar-refractivity contribution in [2.24, 2.45) is 0 Å². The molecule has 0 bridgehead atoms. The molecule has 1 atom stereocenters. The molecule has 2 heterocycles. The monoisotopic (exact) mass is 235 g/mol. The molecule has 2 N–H and O–H groups in total. The lowest BCUT2D eigenvalue weighted by Gasteiger charge is -2.12. The van der Waals surface area contributed by atoms with Crippen molar-refractivity contribution in [1.29, 1.82) is 0 Å². The number of aliphatic hydroxyl groups is 1. The second-order valence-corrected chi connectivity index (χ2v) is 3.66. The number of nitrogens with one attached hydrogen (secondary N) is 1. The summed E-state index contributed by atoms with van der Waals surface area (Å²) < 4.78 is 10.2. The van der Waals surface area contributed by atoms with Crippen molar-refractivity contribution < 1.29 is 18.7 Å². The molecule has 0 fully saturated rings. The molecule has 2 aromatic heterocycles. The predicted octanol–water partition coefficient (Wildman–Crippen LogP) is 1.64. The van der Waals surface area contributed by atoms with Gasteiger partial charge in [-0.25, -0.2) is 0 Å². The topological polar surface area (TPSA) is 75.6 Å². The Morgan fingerprint density at radius 3 is 2.76 bits per heavy atom. The number of carbonyl (C=O) groups is 1. The number of hydrogen-bond acceptors (Lipinski definition) is 4. The van der Waals surface area contributed by atoms with Gasteiger partial charge in [-0.05, 0) is 25.1 Å². The van der Waals surface area contributed by atoms with Crippen LogP contribution < -0.4 is 5.32 Å². The van der Waals surface area contributed by atoms with Crippen LogP contribution in [0, 0.1) is 6.92 Å². The Kier molecular flexibility index (Phi) is 3.30. The van der Waals surface area contributed by atoms with E-state index in [2.05, 4.69) is 5.32 Å². The Morgan fingerprint density at radius 1 is 1.41 bits per heavy atom. The summed E-state index contributed by atoms with van der Waals surface area (Å²) >= 11 is 0. The molecule has 0 aliphatic heterocycles. The second kappa shape index (κ2) is 4.88. The summed E-state index contributed by atoms with van der Waals surface area (Å²) in [7, 11) is 0. The van der Waals surface area contributed by atoms with Crippen LogP contribution in [0.1, 0.15) is 27.9 Å². The van der Waals surface area contributed by atoms with Gasteiger partial charge in [-0.2, -0.15) is 0 Å². The number of carbonyl (C=O) groups excluding carboxylic acids is 1. The van der Waals surface area contributed by atoms with Gasteiger partial charge in [-0.3, -0.25) is 4.79 Å². The van der Waals surface area contributed by atoms with E-state index in [1.807, 2.05) is 0 Å². The highest BCUT2D eigenvalue weighted by Crippen LogP contribution is 2.15. The summed E-state index contributed by atoms with van der Waals surface area (Å²) in [6, 6.07) is 4.52. The maximum atomic E-state index is 11.8. The molecule has 2 aromatic rings. The van der Waals surface area contributed by atoms with E-state index in [9.17, 15) is 9.90 Å². The lowest BCUT2D eigenvalue weighted by Crippen LogP contribution is -2.30. The van der Waals surface area contributed by atoms with Crippen LogP contribution in [0.5, 0.6) is 0 Å². The van der Waals surface area contributed by atoms with E-state index < -0.39 is 6.04 Å². The average Bonchev–Trinajstić information content (AvgIpc) is 2.96. The van der Waals surface area contributed by atoms with Gasteiger partial charge in [0.1, 0.15) is 11.8 Å². The van der Waals surface area contributed by atoms with E-state index in [0.717, 1.165) is 5.56 Å². The highest BCUT2D eigenvalue weighted by atomic mass is 16.3. The summed E-state index contributed by atoms with van der Waals surface area (Å²) in [5.74, 6) is 0.378. The number of rotatable bonds is 4. The zero-order valence-electron chi connectivity index (χ0n) is 9.34. The third-order valence-corrected chi connectivity index (χ3v) is 2.44.